The maximum atomic E-state index is 15.0. The number of Topliss-reactive ketones (excluding diaryl/α,β-unsaturated/α-hetero) is 1. The van der Waals surface area contributed by atoms with Crippen LogP contribution < -0.4 is 5.48 Å². The van der Waals surface area contributed by atoms with Gasteiger partial charge in [-0.1, -0.05) is 58.0 Å². The molecule has 46 heavy (non-hydrogen) atoms. The van der Waals surface area contributed by atoms with E-state index < -0.39 is 58.6 Å². The van der Waals surface area contributed by atoms with Gasteiger partial charge < -0.3 is 34.0 Å². The molecule has 2 bridgehead atoms. The summed E-state index contributed by atoms with van der Waals surface area (Å²) in [7, 11) is 6.36. The van der Waals surface area contributed by atoms with Crippen LogP contribution in [-0.2, 0) is 33.3 Å². The van der Waals surface area contributed by atoms with Crippen LogP contribution >= 0.6 is 0 Å². The monoisotopic (exact) mass is 640 g/mol. The lowest BCUT2D eigenvalue weighted by atomic mass is 9.40. The summed E-state index contributed by atoms with van der Waals surface area (Å²) in [6, 6.07) is 9.40. The van der Waals surface area contributed by atoms with E-state index in [1.165, 1.54) is 14.2 Å². The number of carbonyl (C=O) groups excluding carboxylic acids is 2. The molecule has 11 heteroatoms. The van der Waals surface area contributed by atoms with Gasteiger partial charge in [-0.15, -0.1) is 0 Å². The first kappa shape index (κ1) is 35.2. The maximum Gasteiger partial charge on any atom is 0.335 e. The van der Waals surface area contributed by atoms with Crippen molar-refractivity contribution in [2.24, 2.45) is 28.1 Å². The van der Waals surface area contributed by atoms with E-state index in [2.05, 4.69) is 12.4 Å². The summed E-state index contributed by atoms with van der Waals surface area (Å²) >= 11 is 0. The van der Waals surface area contributed by atoms with Gasteiger partial charge in [0.25, 0.3) is 0 Å². The fourth-order valence-electron chi connectivity index (χ4n) is 9.97. The van der Waals surface area contributed by atoms with E-state index in [1.54, 1.807) is 14.4 Å². The fourth-order valence-corrected chi connectivity index (χ4v) is 9.97. The Balaban J connectivity index is 1.60. The highest BCUT2D eigenvalue weighted by atomic mass is 16.6. The zero-order chi connectivity index (χ0) is 33.8. The van der Waals surface area contributed by atoms with E-state index in [0.717, 1.165) is 5.56 Å². The van der Waals surface area contributed by atoms with Crippen LogP contribution in [0.25, 0.3) is 0 Å². The number of esters is 1. The third kappa shape index (κ3) is 5.04. The number of ether oxygens (including phenoxy) is 5. The number of ketones is 1. The summed E-state index contributed by atoms with van der Waals surface area (Å²) < 4.78 is 30.2. The van der Waals surface area contributed by atoms with Crippen molar-refractivity contribution < 1.29 is 43.6 Å². The molecular formula is C35H51BNO9. The van der Waals surface area contributed by atoms with Crippen LogP contribution in [0.1, 0.15) is 65.8 Å². The molecular weight excluding hydrogens is 589 g/mol. The first-order valence-corrected chi connectivity index (χ1v) is 16.3. The van der Waals surface area contributed by atoms with Gasteiger partial charge in [-0.25, -0.2) is 10.3 Å². The largest absolute Gasteiger partial charge is 0.456 e. The summed E-state index contributed by atoms with van der Waals surface area (Å²) in [6.45, 7) is 12.5. The SMILES string of the molecule is CO[C@H]1C(=O)[C@]2(C)[C@@H](OC)C[C@H]3OC[C@@]3(C)[C@H]2[C@H](C)[C@]2(O)C[C@H](OC(=O)[C@H](OC)[C@@H]([B]CNO)c3ccccc3)C(C)=C1C2(C)C. The summed E-state index contributed by atoms with van der Waals surface area (Å²) in [5, 5.41) is 22.4. The summed E-state index contributed by atoms with van der Waals surface area (Å²) in [4.78, 5) is 29.0. The lowest BCUT2D eigenvalue weighted by molar-refractivity contribution is -0.305. The Bertz CT molecular complexity index is 1340. The predicted octanol–water partition coefficient (Wildman–Crippen LogP) is 3.45. The van der Waals surface area contributed by atoms with Crippen molar-refractivity contribution in [2.45, 2.75) is 96.3 Å². The number of hydroxylamine groups is 1. The van der Waals surface area contributed by atoms with E-state index in [0.29, 0.717) is 24.2 Å². The number of rotatable bonds is 10. The number of hydrogen-bond donors (Lipinski definition) is 3. The number of aliphatic hydroxyl groups is 1. The zero-order valence-electron chi connectivity index (χ0n) is 28.7. The molecule has 1 radical (unpaired) electrons. The Morgan fingerprint density at radius 3 is 2.35 bits per heavy atom. The molecule has 10 nitrogen and oxygen atoms in total. The molecule has 4 aliphatic rings. The van der Waals surface area contributed by atoms with Gasteiger partial charge in [-0.05, 0) is 54.7 Å². The molecule has 3 N–H and O–H groups in total. The molecule has 0 amide bonds. The van der Waals surface area contributed by atoms with Crippen molar-refractivity contribution in [1.82, 2.24) is 5.48 Å². The summed E-state index contributed by atoms with van der Waals surface area (Å²) in [5.41, 5.74) is 0.625. The Morgan fingerprint density at radius 1 is 1.13 bits per heavy atom. The first-order chi connectivity index (χ1) is 21.7. The van der Waals surface area contributed by atoms with Crippen LogP contribution in [0.5, 0.6) is 0 Å². The van der Waals surface area contributed by atoms with Crippen LogP contribution in [-0.4, -0.2) is 99.8 Å². The molecule has 3 aliphatic carbocycles. The molecule has 0 unspecified atom stereocenters. The van der Waals surface area contributed by atoms with Gasteiger partial charge in [0.2, 0.25) is 0 Å². The van der Waals surface area contributed by atoms with Gasteiger partial charge in [0.05, 0.1) is 29.8 Å². The summed E-state index contributed by atoms with van der Waals surface area (Å²) in [5.74, 6) is -1.95. The van der Waals surface area contributed by atoms with Crippen molar-refractivity contribution in [3.8, 4) is 0 Å². The average Bonchev–Trinajstić information content (AvgIpc) is 3.02. The number of methoxy groups -OCH3 is 3. The third-order valence-corrected chi connectivity index (χ3v) is 12.5. The second-order valence-corrected chi connectivity index (χ2v) is 14.8. The normalized spacial score (nSPS) is 39.6. The first-order valence-electron chi connectivity index (χ1n) is 16.3. The smallest absolute Gasteiger partial charge is 0.335 e. The molecule has 253 valence electrons. The number of hydrogen-bond acceptors (Lipinski definition) is 10. The van der Waals surface area contributed by atoms with E-state index in [9.17, 15) is 19.9 Å². The van der Waals surface area contributed by atoms with Crippen LogP contribution in [0, 0.1) is 28.1 Å². The van der Waals surface area contributed by atoms with Crippen molar-refractivity contribution in [3.63, 3.8) is 0 Å². The number of carbonyl (C=O) groups is 2. The summed E-state index contributed by atoms with van der Waals surface area (Å²) in [6.07, 6.45) is -2.55. The van der Waals surface area contributed by atoms with Crippen molar-refractivity contribution >= 4 is 19.0 Å². The van der Waals surface area contributed by atoms with E-state index >= 15 is 0 Å². The molecule has 5 rings (SSSR count). The Morgan fingerprint density at radius 2 is 1.80 bits per heavy atom. The molecule has 1 aliphatic heterocycles. The van der Waals surface area contributed by atoms with Crippen LogP contribution in [0.15, 0.2) is 41.5 Å². The standard InChI is InChI=1S/C35H51BNO9/c1-19-22(46-31(39)28(44-9)26(36-18-37-41)21-13-11-10-12-14-21)16-35(40)20(2)29-33(5)17-45-23(33)15-24(42-7)34(29,6)30(38)27(43-8)25(19)32(35,3)4/h10-14,20,22-24,26-29,37,40-41H,15-18H2,1-9H3/t20-,22-,23+,24-,26-,27+,28+,29+,33+,34+,35+/m0/s1. The predicted molar refractivity (Wildman–Crippen MR) is 171 cm³/mol. The zero-order valence-corrected chi connectivity index (χ0v) is 28.7. The fraction of sp³-hybridized carbons (Fsp3) is 0.714. The molecule has 1 saturated heterocycles. The lowest BCUT2D eigenvalue weighted by Crippen LogP contribution is -2.75. The minimum Gasteiger partial charge on any atom is -0.456 e. The quantitative estimate of drug-likeness (QED) is 0.151. The van der Waals surface area contributed by atoms with Crippen LogP contribution in [0.2, 0.25) is 0 Å². The minimum atomic E-state index is -1.40. The van der Waals surface area contributed by atoms with Crippen LogP contribution in [0.3, 0.4) is 0 Å². The highest BCUT2D eigenvalue weighted by Gasteiger charge is 2.73. The number of fused-ring (bicyclic) bond motifs is 5. The van der Waals surface area contributed by atoms with E-state index in [1.807, 2.05) is 65.0 Å². The molecule has 1 aromatic carbocycles. The van der Waals surface area contributed by atoms with Crippen molar-refractivity contribution in [3.05, 3.63) is 47.0 Å². The van der Waals surface area contributed by atoms with Gasteiger partial charge in [0.1, 0.15) is 19.5 Å². The Hall–Kier alpha value is -2.12. The second-order valence-electron chi connectivity index (χ2n) is 14.8. The Labute approximate surface area is 273 Å². The number of benzene rings is 1. The molecule has 0 aromatic heterocycles. The number of nitrogens with one attached hydrogen (secondary N) is 1. The molecule has 1 heterocycles. The van der Waals surface area contributed by atoms with Gasteiger partial charge in [-0.3, -0.25) is 4.79 Å². The third-order valence-electron chi connectivity index (χ3n) is 12.5. The van der Waals surface area contributed by atoms with E-state index in [-0.39, 0.29) is 36.1 Å². The molecule has 0 spiro atoms. The Kier molecular flexibility index (Phi) is 9.74. The van der Waals surface area contributed by atoms with Crippen molar-refractivity contribution in [2.75, 3.05) is 34.4 Å². The molecule has 1 aromatic rings. The van der Waals surface area contributed by atoms with Crippen molar-refractivity contribution in [1.29, 1.82) is 0 Å². The minimum absolute atomic E-state index is 0.0910. The van der Waals surface area contributed by atoms with Gasteiger partial charge >= 0.3 is 5.97 Å². The van der Waals surface area contributed by atoms with Gasteiger partial charge in [0, 0.05) is 45.0 Å². The van der Waals surface area contributed by atoms with Gasteiger partial charge in [-0.2, -0.15) is 0 Å². The molecule has 3 fully saturated rings. The molecule has 11 atom stereocenters. The second kappa shape index (κ2) is 12.7. The topological polar surface area (TPSA) is 133 Å². The van der Waals surface area contributed by atoms with E-state index in [4.69, 9.17) is 23.7 Å². The van der Waals surface area contributed by atoms with Crippen LogP contribution in [0.4, 0.5) is 0 Å². The highest BCUT2D eigenvalue weighted by molar-refractivity contribution is 6.39. The maximum absolute atomic E-state index is 15.0. The average molecular weight is 641 g/mol. The highest BCUT2D eigenvalue weighted by Crippen LogP contribution is 2.67. The van der Waals surface area contributed by atoms with Gasteiger partial charge in [0.15, 0.2) is 11.9 Å². The molecule has 2 saturated carbocycles. The lowest BCUT2D eigenvalue weighted by Gasteiger charge is -2.69.